The van der Waals surface area contributed by atoms with Crippen LogP contribution in [0.3, 0.4) is 0 Å². The number of carbonyl (C=O) groups is 2. The Morgan fingerprint density at radius 3 is 2.42 bits per heavy atom. The van der Waals surface area contributed by atoms with E-state index >= 15 is 0 Å². The number of aromatic nitrogens is 3. The number of nitrogens with one attached hydrogen (secondary N) is 1. The topological polar surface area (TPSA) is 138 Å². The number of piperazine rings is 1. The molecule has 1 fully saturated rings. The molecule has 1 saturated heterocycles. The van der Waals surface area contributed by atoms with Crippen LogP contribution in [0, 0.1) is 0 Å². The molecule has 0 unspecified atom stereocenters. The highest BCUT2D eigenvalue weighted by Crippen LogP contribution is 2.31. The Bertz CT molecular complexity index is 1640. The Balaban J connectivity index is 1.48. The first kappa shape index (κ1) is 25.8. The van der Waals surface area contributed by atoms with Crippen molar-refractivity contribution in [1.82, 2.24) is 19.9 Å². The number of anilines is 2. The van der Waals surface area contributed by atoms with Crippen LogP contribution in [0.15, 0.2) is 66.0 Å². The Morgan fingerprint density at radius 2 is 1.76 bits per heavy atom. The number of carbonyl (C=O) groups excluding carboxylic acids is 1. The zero-order valence-corrected chi connectivity index (χ0v) is 21.9. The van der Waals surface area contributed by atoms with Gasteiger partial charge in [0, 0.05) is 34.7 Å². The maximum absolute atomic E-state index is 13.4. The third-order valence-corrected chi connectivity index (χ3v) is 8.09. The van der Waals surface area contributed by atoms with Gasteiger partial charge in [0.15, 0.2) is 5.82 Å². The molecule has 0 bridgehead atoms. The fourth-order valence-corrected chi connectivity index (χ4v) is 6.30. The Morgan fingerprint density at radius 1 is 1.05 bits per heavy atom. The second-order valence-corrected chi connectivity index (χ2v) is 11.2. The number of benzene rings is 2. The van der Waals surface area contributed by atoms with Crippen LogP contribution < -0.4 is 14.5 Å². The van der Waals surface area contributed by atoms with Gasteiger partial charge in [0.2, 0.25) is 5.91 Å². The molecule has 3 heterocycles. The van der Waals surface area contributed by atoms with E-state index in [9.17, 15) is 23.1 Å². The number of carboxylic acid groups (broad SMARTS) is 1. The van der Waals surface area contributed by atoms with Crippen molar-refractivity contribution in [3.8, 4) is 5.82 Å². The summed E-state index contributed by atoms with van der Waals surface area (Å²) in [5.41, 5.74) is 0.852. The van der Waals surface area contributed by atoms with Crippen LogP contribution in [0.5, 0.6) is 0 Å². The van der Waals surface area contributed by atoms with Crippen molar-refractivity contribution < 1.29 is 23.1 Å². The van der Waals surface area contributed by atoms with E-state index in [0.717, 1.165) is 4.31 Å². The molecule has 38 heavy (non-hydrogen) atoms. The average Bonchev–Trinajstić information content (AvgIpc) is 3.30. The van der Waals surface area contributed by atoms with Crippen molar-refractivity contribution in [2.75, 3.05) is 35.4 Å². The van der Waals surface area contributed by atoms with Gasteiger partial charge in [-0.15, -0.1) is 0 Å². The van der Waals surface area contributed by atoms with Gasteiger partial charge in [-0.3, -0.25) is 18.5 Å². The third kappa shape index (κ3) is 5.10. The second-order valence-electron chi connectivity index (χ2n) is 8.44. The van der Waals surface area contributed by atoms with Crippen molar-refractivity contribution in [3.63, 3.8) is 0 Å². The van der Waals surface area contributed by atoms with E-state index < -0.39 is 22.5 Å². The summed E-state index contributed by atoms with van der Waals surface area (Å²) in [7, 11) is -4.31. The number of nitrogens with zero attached hydrogens (tertiary/aromatic N) is 5. The molecule has 0 spiro atoms. The third-order valence-electron chi connectivity index (χ3n) is 5.90. The average molecular weight is 575 g/mol. The minimum Gasteiger partial charge on any atom is -0.480 e. The lowest BCUT2D eigenvalue weighted by molar-refractivity contribution is -0.135. The van der Waals surface area contributed by atoms with Crippen molar-refractivity contribution in [2.45, 2.75) is 4.90 Å². The van der Waals surface area contributed by atoms with Crippen LogP contribution in [0.1, 0.15) is 0 Å². The molecule has 14 heteroatoms. The first-order chi connectivity index (χ1) is 18.1. The predicted molar refractivity (Wildman–Crippen MR) is 143 cm³/mol. The van der Waals surface area contributed by atoms with E-state index in [2.05, 4.69) is 15.3 Å². The van der Waals surface area contributed by atoms with Gasteiger partial charge in [-0.1, -0.05) is 23.2 Å². The summed E-state index contributed by atoms with van der Waals surface area (Å²) < 4.78 is 29.4. The number of sulfonamides is 1. The van der Waals surface area contributed by atoms with E-state index in [1.165, 1.54) is 24.3 Å². The van der Waals surface area contributed by atoms with E-state index in [1.54, 1.807) is 41.4 Å². The molecular formula is C24H20Cl2N6O5S. The van der Waals surface area contributed by atoms with Gasteiger partial charge >= 0.3 is 5.97 Å². The highest BCUT2D eigenvalue weighted by molar-refractivity contribution is 7.92. The van der Waals surface area contributed by atoms with Crippen LogP contribution in [0.4, 0.5) is 11.5 Å². The monoisotopic (exact) mass is 574 g/mol. The normalized spacial score (nSPS) is 13.9. The fraction of sp³-hybridized carbons (Fsp3) is 0.167. The van der Waals surface area contributed by atoms with Crippen LogP contribution in [0.25, 0.3) is 16.7 Å². The van der Waals surface area contributed by atoms with Crippen LogP contribution >= 0.6 is 23.2 Å². The maximum Gasteiger partial charge on any atom is 0.324 e. The zero-order valence-electron chi connectivity index (χ0n) is 19.6. The van der Waals surface area contributed by atoms with Gasteiger partial charge in [0.05, 0.1) is 35.0 Å². The molecule has 2 aromatic heterocycles. The summed E-state index contributed by atoms with van der Waals surface area (Å²) in [5, 5.41) is 13.1. The van der Waals surface area contributed by atoms with Crippen molar-refractivity contribution >= 4 is 67.5 Å². The lowest BCUT2D eigenvalue weighted by atomic mass is 10.2. The Labute approximate surface area is 227 Å². The summed E-state index contributed by atoms with van der Waals surface area (Å²) in [5.74, 6) is -0.313. The molecule has 1 aliphatic rings. The lowest BCUT2D eigenvalue weighted by Gasteiger charge is -2.27. The maximum atomic E-state index is 13.4. The van der Waals surface area contributed by atoms with Gasteiger partial charge in [-0.25, -0.2) is 18.4 Å². The first-order valence-corrected chi connectivity index (χ1v) is 13.5. The van der Waals surface area contributed by atoms with Gasteiger partial charge in [0.25, 0.3) is 10.0 Å². The number of rotatable bonds is 7. The zero-order chi connectivity index (χ0) is 27.0. The minimum absolute atomic E-state index is 0.0771. The van der Waals surface area contributed by atoms with Crippen molar-refractivity contribution in [3.05, 3.63) is 71.1 Å². The van der Waals surface area contributed by atoms with Crippen LogP contribution in [-0.2, 0) is 19.6 Å². The molecule has 5 rings (SSSR count). The SMILES string of the molecule is O=C(O)CN(c1ccc2c(ccn2-c2cnc(N3CCNC(=O)C3)cn2)c1)S(=O)(=O)c1cc(Cl)cc(Cl)c1. The van der Waals surface area contributed by atoms with E-state index in [0.29, 0.717) is 35.6 Å². The number of carboxylic acids is 1. The fourth-order valence-electron chi connectivity index (χ4n) is 4.16. The summed E-state index contributed by atoms with van der Waals surface area (Å²) in [4.78, 5) is 33.8. The Hall–Kier alpha value is -3.87. The van der Waals surface area contributed by atoms with E-state index in [1.807, 2.05) is 4.90 Å². The van der Waals surface area contributed by atoms with Crippen molar-refractivity contribution in [2.24, 2.45) is 0 Å². The molecule has 0 atom stereocenters. The number of hydrogen-bond donors (Lipinski definition) is 2. The molecular weight excluding hydrogens is 555 g/mol. The summed E-state index contributed by atoms with van der Waals surface area (Å²) in [6, 6.07) is 10.3. The second kappa shape index (κ2) is 10.1. The number of amides is 1. The molecule has 0 saturated carbocycles. The van der Waals surface area contributed by atoms with Gasteiger partial charge in [-0.05, 0) is 42.5 Å². The molecule has 0 aliphatic carbocycles. The molecule has 4 aromatic rings. The summed E-state index contributed by atoms with van der Waals surface area (Å²) >= 11 is 12.0. The molecule has 11 nitrogen and oxygen atoms in total. The van der Waals surface area contributed by atoms with Crippen molar-refractivity contribution in [1.29, 1.82) is 0 Å². The number of halogens is 2. The highest BCUT2D eigenvalue weighted by Gasteiger charge is 2.28. The lowest BCUT2D eigenvalue weighted by Crippen LogP contribution is -2.48. The largest absolute Gasteiger partial charge is 0.480 e. The van der Waals surface area contributed by atoms with Gasteiger partial charge in [-0.2, -0.15) is 0 Å². The molecule has 2 aromatic carbocycles. The number of fused-ring (bicyclic) bond motifs is 1. The molecule has 1 amide bonds. The number of aliphatic carboxylic acids is 1. The van der Waals surface area contributed by atoms with E-state index in [-0.39, 0.29) is 33.1 Å². The molecule has 0 radical (unpaired) electrons. The first-order valence-electron chi connectivity index (χ1n) is 11.3. The minimum atomic E-state index is -4.31. The molecule has 2 N–H and O–H groups in total. The van der Waals surface area contributed by atoms with E-state index in [4.69, 9.17) is 23.2 Å². The smallest absolute Gasteiger partial charge is 0.324 e. The molecule has 1 aliphatic heterocycles. The van der Waals surface area contributed by atoms with Crippen LogP contribution in [-0.4, -0.2) is 66.1 Å². The number of hydrogen-bond acceptors (Lipinski definition) is 7. The summed E-state index contributed by atoms with van der Waals surface area (Å²) in [6.45, 7) is 0.568. The van der Waals surface area contributed by atoms with Gasteiger partial charge in [0.1, 0.15) is 12.4 Å². The van der Waals surface area contributed by atoms with Crippen LogP contribution in [0.2, 0.25) is 10.0 Å². The standard InChI is InChI=1S/C24H20Cl2N6O5S/c25-16-8-17(26)10-19(9-16)38(36,37)32(14-24(34)35)18-1-2-20-15(7-18)3-5-31(20)22-12-28-21(11-29-22)30-6-4-27-23(33)13-30/h1-3,5,7-12H,4,6,13-14H2,(H,27,33)(H,34,35). The predicted octanol–water partition coefficient (Wildman–Crippen LogP) is 2.94. The highest BCUT2D eigenvalue weighted by atomic mass is 35.5. The quantitative estimate of drug-likeness (QED) is 0.343. The summed E-state index contributed by atoms with van der Waals surface area (Å²) in [6.07, 6.45) is 4.92. The van der Waals surface area contributed by atoms with Gasteiger partial charge < -0.3 is 15.3 Å². The Kier molecular flexibility index (Phi) is 6.86. The molecule has 196 valence electrons.